The third-order valence-electron chi connectivity index (χ3n) is 7.00. The van der Waals surface area contributed by atoms with E-state index < -0.39 is 51.9 Å². The molecule has 0 spiro atoms. The first-order chi connectivity index (χ1) is 19.5. The van der Waals surface area contributed by atoms with Gasteiger partial charge in [-0.1, -0.05) is 0 Å². The summed E-state index contributed by atoms with van der Waals surface area (Å²) >= 11 is 0. The fourth-order valence-corrected chi connectivity index (χ4v) is 9.40. The summed E-state index contributed by atoms with van der Waals surface area (Å²) in [6.45, 7) is 12.5. The Labute approximate surface area is 242 Å². The fourth-order valence-electron chi connectivity index (χ4n) is 5.29. The van der Waals surface area contributed by atoms with E-state index in [2.05, 4.69) is 15.7 Å². The molecule has 1 aromatic heterocycles. The van der Waals surface area contributed by atoms with Crippen molar-refractivity contribution in [1.29, 1.82) is 5.26 Å². The molecule has 13 nitrogen and oxygen atoms in total. The number of nitriles is 1. The standard InChI is InChI=1S/C26H44N4O9P2/c1-8-36-41(33,37-9-2)21-16-19(21)15-20-23(39-40(35-14-10-12-27)30(17(3)4)18(5)6)24(34-7)25(38-20)29-13-11-22(31)28-26(29)32/h11,13,17-21,23-25H,8-10,14-16H2,1-7H3,(H,28,31,32)/t19?,20-,21+,23?,24?,25-,40?/m1/s1. The van der Waals surface area contributed by atoms with Gasteiger partial charge in [0.05, 0.1) is 44.1 Å². The summed E-state index contributed by atoms with van der Waals surface area (Å²) in [5, 5.41) is 9.10. The average Bonchev–Trinajstić information content (AvgIpc) is 3.59. The lowest BCUT2D eigenvalue weighted by molar-refractivity contribution is -0.0554. The fraction of sp³-hybridized carbons (Fsp3) is 0.808. The second-order valence-electron chi connectivity index (χ2n) is 10.6. The summed E-state index contributed by atoms with van der Waals surface area (Å²) in [6, 6.07) is 3.48. The van der Waals surface area contributed by atoms with Crippen molar-refractivity contribution in [3.05, 3.63) is 33.1 Å². The van der Waals surface area contributed by atoms with Gasteiger partial charge in [-0.05, 0) is 60.3 Å². The average molecular weight is 619 g/mol. The van der Waals surface area contributed by atoms with Crippen LogP contribution < -0.4 is 11.2 Å². The number of hydrogen-bond donors (Lipinski definition) is 1. The molecule has 1 aromatic rings. The molecule has 0 amide bonds. The smallest absolute Gasteiger partial charge is 0.333 e. The van der Waals surface area contributed by atoms with E-state index in [4.69, 9.17) is 32.8 Å². The molecule has 0 aromatic carbocycles. The topological polar surface area (TPSA) is 154 Å². The van der Waals surface area contributed by atoms with Crippen molar-refractivity contribution in [3.63, 3.8) is 0 Å². The summed E-state index contributed by atoms with van der Waals surface area (Å²) in [5.74, 6) is -0.0179. The molecule has 0 radical (unpaired) electrons. The molecule has 7 atom stereocenters. The van der Waals surface area contributed by atoms with E-state index >= 15 is 0 Å². The van der Waals surface area contributed by atoms with E-state index in [1.54, 1.807) is 13.8 Å². The Morgan fingerprint density at radius 2 is 1.85 bits per heavy atom. The van der Waals surface area contributed by atoms with Gasteiger partial charge in [-0.15, -0.1) is 0 Å². The lowest BCUT2D eigenvalue weighted by Crippen LogP contribution is -2.41. The molecule has 2 heterocycles. The molecule has 1 aliphatic carbocycles. The third-order valence-corrected chi connectivity index (χ3v) is 11.8. The molecule has 1 aliphatic heterocycles. The van der Waals surface area contributed by atoms with Crippen LogP contribution in [0.2, 0.25) is 0 Å². The second kappa shape index (κ2) is 15.3. The van der Waals surface area contributed by atoms with Gasteiger partial charge in [-0.2, -0.15) is 5.26 Å². The van der Waals surface area contributed by atoms with Crippen LogP contribution in [0.5, 0.6) is 0 Å². The molecular formula is C26H44N4O9P2. The van der Waals surface area contributed by atoms with Crippen LogP contribution in [0.4, 0.5) is 0 Å². The van der Waals surface area contributed by atoms with Gasteiger partial charge in [-0.3, -0.25) is 18.9 Å². The maximum Gasteiger partial charge on any atom is 0.333 e. The predicted octanol–water partition coefficient (Wildman–Crippen LogP) is 4.15. The van der Waals surface area contributed by atoms with Crippen LogP contribution in [0.1, 0.15) is 67.0 Å². The van der Waals surface area contributed by atoms with Gasteiger partial charge in [0.2, 0.25) is 0 Å². The van der Waals surface area contributed by atoms with Crippen LogP contribution in [0.25, 0.3) is 0 Å². The maximum atomic E-state index is 13.4. The second-order valence-corrected chi connectivity index (χ2v) is 14.2. The van der Waals surface area contributed by atoms with Crippen molar-refractivity contribution in [2.45, 2.75) is 103 Å². The van der Waals surface area contributed by atoms with E-state index in [1.165, 1.54) is 23.9 Å². The van der Waals surface area contributed by atoms with Crippen molar-refractivity contribution in [2.75, 3.05) is 26.9 Å². The zero-order valence-corrected chi connectivity index (χ0v) is 26.7. The van der Waals surface area contributed by atoms with Gasteiger partial charge >= 0.3 is 13.3 Å². The van der Waals surface area contributed by atoms with Crippen LogP contribution in [0, 0.1) is 17.2 Å². The van der Waals surface area contributed by atoms with E-state index in [0.717, 1.165) is 0 Å². The molecule has 1 saturated heterocycles. The predicted molar refractivity (Wildman–Crippen MR) is 153 cm³/mol. The summed E-state index contributed by atoms with van der Waals surface area (Å²) in [4.78, 5) is 26.8. The molecule has 2 aliphatic rings. The molecule has 1 saturated carbocycles. The Morgan fingerprint density at radius 1 is 1.20 bits per heavy atom. The van der Waals surface area contributed by atoms with Crippen LogP contribution in [0.3, 0.4) is 0 Å². The summed E-state index contributed by atoms with van der Waals surface area (Å²) in [7, 11) is -3.44. The van der Waals surface area contributed by atoms with Crippen LogP contribution in [-0.2, 0) is 32.1 Å². The number of rotatable bonds is 17. The number of methoxy groups -OCH3 is 1. The molecule has 0 bridgehead atoms. The summed E-state index contributed by atoms with van der Waals surface area (Å²) in [6.07, 6.45) is -0.217. The molecule has 1 N–H and O–H groups in total. The highest BCUT2D eigenvalue weighted by molar-refractivity contribution is 7.55. The maximum absolute atomic E-state index is 13.4. The van der Waals surface area contributed by atoms with Gasteiger partial charge in [-0.25, -0.2) is 9.46 Å². The number of H-pyrrole nitrogens is 1. The molecule has 15 heteroatoms. The molecule has 232 valence electrons. The minimum absolute atomic E-state index is 0.0179. The number of hydrogen-bond acceptors (Lipinski definition) is 11. The van der Waals surface area contributed by atoms with Crippen molar-refractivity contribution in [1.82, 2.24) is 14.2 Å². The summed E-state index contributed by atoms with van der Waals surface area (Å²) in [5.41, 5.74) is -1.42. The monoisotopic (exact) mass is 618 g/mol. The largest absolute Gasteiger partial charge is 0.374 e. The van der Waals surface area contributed by atoms with E-state index in [9.17, 15) is 14.2 Å². The Bertz CT molecular complexity index is 1170. The zero-order chi connectivity index (χ0) is 30.3. The third kappa shape index (κ3) is 8.35. The minimum Gasteiger partial charge on any atom is -0.374 e. The molecular weight excluding hydrogens is 574 g/mol. The number of aromatic nitrogens is 2. The number of aromatic amines is 1. The number of ether oxygens (including phenoxy) is 2. The quantitative estimate of drug-likeness (QED) is 0.198. The highest BCUT2D eigenvalue weighted by atomic mass is 31.2. The highest BCUT2D eigenvalue weighted by Crippen LogP contribution is 2.66. The van der Waals surface area contributed by atoms with Gasteiger partial charge in [0, 0.05) is 31.5 Å². The SMILES string of the molecule is CCOP(=O)(OCC)[C@H]1CC1C[C@H]1O[C@@H](n2ccc(=O)[nH]c2=O)C(OC)C1OP(OCCC#N)N(C(C)C)C(C)C. The Morgan fingerprint density at radius 3 is 2.39 bits per heavy atom. The van der Waals surface area contributed by atoms with Crippen LogP contribution in [0.15, 0.2) is 21.9 Å². The molecule has 2 fully saturated rings. The van der Waals surface area contributed by atoms with Crippen molar-refractivity contribution >= 4 is 16.1 Å². The normalized spacial score (nSPS) is 27.0. The first-order valence-electron chi connectivity index (χ1n) is 14.1. The first-order valence-corrected chi connectivity index (χ1v) is 16.9. The lowest BCUT2D eigenvalue weighted by atomic mass is 10.1. The van der Waals surface area contributed by atoms with E-state index in [1.807, 2.05) is 27.7 Å². The minimum atomic E-state index is -3.29. The molecule has 41 heavy (non-hydrogen) atoms. The van der Waals surface area contributed by atoms with E-state index in [0.29, 0.717) is 12.8 Å². The first kappa shape index (κ1) is 34.0. The van der Waals surface area contributed by atoms with Gasteiger partial charge in [0.25, 0.3) is 14.1 Å². The van der Waals surface area contributed by atoms with Crippen molar-refractivity contribution < 1.29 is 32.1 Å². The molecule has 3 rings (SSSR count). The van der Waals surface area contributed by atoms with Crippen LogP contribution in [-0.4, -0.2) is 77.2 Å². The van der Waals surface area contributed by atoms with Crippen LogP contribution >= 0.6 is 16.1 Å². The van der Waals surface area contributed by atoms with Crippen molar-refractivity contribution in [2.24, 2.45) is 5.92 Å². The van der Waals surface area contributed by atoms with Crippen molar-refractivity contribution in [3.8, 4) is 6.07 Å². The van der Waals surface area contributed by atoms with Gasteiger partial charge in [0.1, 0.15) is 12.2 Å². The summed E-state index contributed by atoms with van der Waals surface area (Å²) < 4.78 is 53.2. The van der Waals surface area contributed by atoms with Gasteiger partial charge in [0.15, 0.2) is 6.23 Å². The Balaban J connectivity index is 1.95. The highest BCUT2D eigenvalue weighted by Gasteiger charge is 2.57. The zero-order valence-electron chi connectivity index (χ0n) is 24.9. The number of nitrogens with one attached hydrogen (secondary N) is 1. The Kier molecular flexibility index (Phi) is 12.7. The lowest BCUT2D eigenvalue weighted by Gasteiger charge is -2.38. The van der Waals surface area contributed by atoms with Gasteiger partial charge < -0.3 is 27.6 Å². The van der Waals surface area contributed by atoms with E-state index in [-0.39, 0.29) is 49.9 Å². The number of nitrogens with zero attached hydrogens (tertiary/aromatic N) is 3. The molecule has 4 unspecified atom stereocenters. The Hall–Kier alpha value is -1.45.